The van der Waals surface area contributed by atoms with Gasteiger partial charge in [-0.1, -0.05) is 6.07 Å². The summed E-state index contributed by atoms with van der Waals surface area (Å²) in [4.78, 5) is 23.1. The molecule has 26 heavy (non-hydrogen) atoms. The molecule has 11 heteroatoms. The normalized spacial score (nSPS) is 11.0. The molecule has 0 aliphatic rings. The van der Waals surface area contributed by atoms with Crippen LogP contribution in [0.2, 0.25) is 0 Å². The van der Waals surface area contributed by atoms with Gasteiger partial charge in [-0.3, -0.25) is 10.3 Å². The van der Waals surface area contributed by atoms with Gasteiger partial charge in [-0.25, -0.2) is 14.8 Å². The summed E-state index contributed by atoms with van der Waals surface area (Å²) < 4.78 is 43.0. The predicted molar refractivity (Wildman–Crippen MR) is 88.5 cm³/mol. The Bertz CT molecular complexity index is 902. The zero-order valence-electron chi connectivity index (χ0n) is 12.8. The lowest BCUT2D eigenvalue weighted by Gasteiger charge is -2.09. The van der Waals surface area contributed by atoms with E-state index in [-0.39, 0.29) is 11.7 Å². The number of alkyl halides is 3. The summed E-state index contributed by atoms with van der Waals surface area (Å²) in [5.41, 5.74) is 0.980. The van der Waals surface area contributed by atoms with Gasteiger partial charge in [0.15, 0.2) is 5.00 Å². The van der Waals surface area contributed by atoms with Crippen molar-refractivity contribution in [2.75, 3.05) is 10.6 Å². The third-order valence-electron chi connectivity index (χ3n) is 2.91. The average molecular weight is 381 g/mol. The molecule has 0 saturated carbocycles. The Balaban J connectivity index is 1.67. The molecule has 2 N–H and O–H groups in total. The van der Waals surface area contributed by atoms with Crippen molar-refractivity contribution in [3.05, 3.63) is 53.9 Å². The zero-order chi connectivity index (χ0) is 18.6. The number of nitrogens with one attached hydrogen (secondary N) is 2. The number of anilines is 3. The van der Waals surface area contributed by atoms with Crippen LogP contribution in [-0.4, -0.2) is 21.0 Å². The van der Waals surface area contributed by atoms with Crippen molar-refractivity contribution in [2.24, 2.45) is 0 Å². The molecule has 1 amide bonds. The summed E-state index contributed by atoms with van der Waals surface area (Å²) >= 11 is 1.18. The average Bonchev–Trinajstić information content (AvgIpc) is 3.02. The molecular formula is C15H10F3N5O2S. The second-order valence-corrected chi connectivity index (χ2v) is 5.63. The summed E-state index contributed by atoms with van der Waals surface area (Å²) in [5, 5.41) is 5.55. The third-order valence-corrected chi connectivity index (χ3v) is 3.64. The molecule has 7 nitrogen and oxygen atoms in total. The minimum absolute atomic E-state index is 0.0247. The maximum atomic E-state index is 12.6. The quantitative estimate of drug-likeness (QED) is 0.700. The minimum Gasteiger partial charge on any atom is -0.388 e. The fourth-order valence-corrected chi connectivity index (χ4v) is 2.47. The Labute approximate surface area is 148 Å². The Hall–Kier alpha value is -3.21. The lowest BCUT2D eigenvalue weighted by molar-refractivity contribution is -0.141. The van der Waals surface area contributed by atoms with E-state index in [0.29, 0.717) is 10.7 Å². The van der Waals surface area contributed by atoms with Crippen LogP contribution in [0, 0.1) is 0 Å². The van der Waals surface area contributed by atoms with Gasteiger partial charge in [-0.05, 0) is 24.3 Å². The molecule has 0 bridgehead atoms. The number of carbonyl (C=O) groups excluding carboxylic acids is 1. The number of aromatic nitrogens is 3. The van der Waals surface area contributed by atoms with E-state index >= 15 is 0 Å². The SMILES string of the molecule is O=C(Nc1cccc(C(F)(F)F)n1)Oc1ncsc1Nc1cccnc1. The van der Waals surface area contributed by atoms with Gasteiger partial charge >= 0.3 is 12.3 Å². The highest BCUT2D eigenvalue weighted by molar-refractivity contribution is 7.14. The lowest BCUT2D eigenvalue weighted by Crippen LogP contribution is -2.19. The standard InChI is InChI=1S/C15H10F3N5O2S/c16-15(17,18)10-4-1-5-11(22-10)23-14(24)25-12-13(26-8-20-12)21-9-3-2-6-19-7-9/h1-8,21H,(H,22,23,24). The van der Waals surface area contributed by atoms with Crippen molar-refractivity contribution in [2.45, 2.75) is 6.18 Å². The summed E-state index contributed by atoms with van der Waals surface area (Å²) in [7, 11) is 0. The maximum Gasteiger partial charge on any atom is 0.433 e. The number of nitrogens with zero attached hydrogens (tertiary/aromatic N) is 3. The first kappa shape index (κ1) is 17.6. The number of amides is 1. The van der Waals surface area contributed by atoms with Crippen molar-refractivity contribution in [3.8, 4) is 5.88 Å². The maximum absolute atomic E-state index is 12.6. The fraction of sp³-hybridized carbons (Fsp3) is 0.0667. The van der Waals surface area contributed by atoms with Crippen molar-refractivity contribution in [3.63, 3.8) is 0 Å². The lowest BCUT2D eigenvalue weighted by atomic mass is 10.3. The van der Waals surface area contributed by atoms with E-state index in [2.05, 4.69) is 25.6 Å². The van der Waals surface area contributed by atoms with Crippen LogP contribution in [0.4, 0.5) is 34.5 Å². The molecule has 0 radical (unpaired) electrons. The number of thiazole rings is 1. The second-order valence-electron chi connectivity index (χ2n) is 4.77. The van der Waals surface area contributed by atoms with E-state index in [1.165, 1.54) is 22.9 Å². The molecule has 0 aromatic carbocycles. The van der Waals surface area contributed by atoms with Gasteiger partial charge in [0, 0.05) is 6.20 Å². The molecule has 134 valence electrons. The summed E-state index contributed by atoms with van der Waals surface area (Å²) in [6.45, 7) is 0. The van der Waals surface area contributed by atoms with E-state index in [1.54, 1.807) is 24.5 Å². The van der Waals surface area contributed by atoms with Gasteiger partial charge < -0.3 is 10.1 Å². The molecule has 3 aromatic heterocycles. The van der Waals surface area contributed by atoms with Crippen LogP contribution in [0.1, 0.15) is 5.69 Å². The van der Waals surface area contributed by atoms with Crippen molar-refractivity contribution >= 4 is 33.9 Å². The topological polar surface area (TPSA) is 89.0 Å². The van der Waals surface area contributed by atoms with Gasteiger partial charge in [0.25, 0.3) is 5.88 Å². The molecule has 0 saturated heterocycles. The van der Waals surface area contributed by atoms with Gasteiger partial charge in [0.1, 0.15) is 11.5 Å². The highest BCUT2D eigenvalue weighted by Crippen LogP contribution is 2.31. The van der Waals surface area contributed by atoms with E-state index in [4.69, 9.17) is 4.74 Å². The number of carbonyl (C=O) groups is 1. The molecule has 3 heterocycles. The second kappa shape index (κ2) is 7.35. The van der Waals surface area contributed by atoms with Crippen LogP contribution in [0.15, 0.2) is 48.2 Å². The first-order valence-electron chi connectivity index (χ1n) is 7.05. The third kappa shape index (κ3) is 4.45. The number of halogens is 3. The molecule has 0 fully saturated rings. The number of hydrogen-bond donors (Lipinski definition) is 2. The number of hydrogen-bond acceptors (Lipinski definition) is 7. The Morgan fingerprint density at radius 3 is 2.77 bits per heavy atom. The highest BCUT2D eigenvalue weighted by atomic mass is 32.1. The smallest absolute Gasteiger partial charge is 0.388 e. The zero-order valence-corrected chi connectivity index (χ0v) is 13.6. The van der Waals surface area contributed by atoms with E-state index in [9.17, 15) is 18.0 Å². The van der Waals surface area contributed by atoms with E-state index in [0.717, 1.165) is 12.1 Å². The molecule has 0 spiro atoms. The Kier molecular flexibility index (Phi) is 4.98. The van der Waals surface area contributed by atoms with Crippen LogP contribution in [0.5, 0.6) is 5.88 Å². The van der Waals surface area contributed by atoms with Crippen LogP contribution in [0.25, 0.3) is 0 Å². The fourth-order valence-electron chi connectivity index (χ4n) is 1.84. The highest BCUT2D eigenvalue weighted by Gasteiger charge is 2.32. The molecule has 3 rings (SSSR count). The number of ether oxygens (including phenoxy) is 1. The largest absolute Gasteiger partial charge is 0.433 e. The van der Waals surface area contributed by atoms with Crippen LogP contribution in [0.3, 0.4) is 0 Å². The first-order valence-corrected chi connectivity index (χ1v) is 7.93. The molecule has 0 aliphatic carbocycles. The molecular weight excluding hydrogens is 371 g/mol. The van der Waals surface area contributed by atoms with Gasteiger partial charge in [-0.2, -0.15) is 13.2 Å². The molecule has 3 aromatic rings. The van der Waals surface area contributed by atoms with Crippen LogP contribution in [-0.2, 0) is 6.18 Å². The summed E-state index contributed by atoms with van der Waals surface area (Å²) in [5.74, 6) is -0.315. The van der Waals surface area contributed by atoms with E-state index < -0.39 is 18.0 Å². The van der Waals surface area contributed by atoms with Crippen LogP contribution < -0.4 is 15.4 Å². The van der Waals surface area contributed by atoms with Crippen LogP contribution >= 0.6 is 11.3 Å². The first-order chi connectivity index (χ1) is 12.4. The van der Waals surface area contributed by atoms with E-state index in [1.807, 2.05) is 0 Å². The van der Waals surface area contributed by atoms with Crippen molar-refractivity contribution in [1.29, 1.82) is 0 Å². The molecule has 0 atom stereocenters. The van der Waals surface area contributed by atoms with Crippen molar-refractivity contribution < 1.29 is 22.7 Å². The Morgan fingerprint density at radius 2 is 2.04 bits per heavy atom. The minimum atomic E-state index is -4.61. The number of rotatable bonds is 4. The van der Waals surface area contributed by atoms with Gasteiger partial charge in [-0.15, -0.1) is 11.3 Å². The Morgan fingerprint density at radius 1 is 1.19 bits per heavy atom. The van der Waals surface area contributed by atoms with Gasteiger partial charge in [0.05, 0.1) is 17.4 Å². The van der Waals surface area contributed by atoms with Crippen molar-refractivity contribution in [1.82, 2.24) is 15.0 Å². The van der Waals surface area contributed by atoms with Gasteiger partial charge in [0.2, 0.25) is 0 Å². The molecule has 0 unspecified atom stereocenters. The summed E-state index contributed by atoms with van der Waals surface area (Å²) in [6.07, 6.45) is -2.46. The molecule has 0 aliphatic heterocycles. The monoisotopic (exact) mass is 381 g/mol. The number of pyridine rings is 2. The summed E-state index contributed by atoms with van der Waals surface area (Å²) in [6, 6.07) is 6.61. The predicted octanol–water partition coefficient (Wildman–Crippen LogP) is 4.31.